The third-order valence-corrected chi connectivity index (χ3v) is 4.84. The van der Waals surface area contributed by atoms with E-state index in [-0.39, 0.29) is 18.5 Å². The molecule has 27 heavy (non-hydrogen) atoms. The van der Waals surface area contributed by atoms with E-state index in [0.29, 0.717) is 15.6 Å². The van der Waals surface area contributed by atoms with Crippen molar-refractivity contribution in [2.45, 2.75) is 32.4 Å². The highest BCUT2D eigenvalue weighted by Crippen LogP contribution is 2.21. The lowest BCUT2D eigenvalue weighted by molar-refractivity contribution is -0.122. The standard InChI is InChI=1S/C20H21ClN4OS/c1-2-6-17(14-7-4-3-5-8-14)22-18(26)13-25-19(23-24-20(25)27)15-9-11-16(21)12-10-15/h3-5,7-12,17H,2,6,13H2,1H3,(H,22,26)(H,24,27). The van der Waals surface area contributed by atoms with Gasteiger partial charge in [-0.15, -0.1) is 0 Å². The first-order valence-corrected chi connectivity index (χ1v) is 9.62. The average Bonchev–Trinajstić information content (AvgIpc) is 3.03. The predicted octanol–water partition coefficient (Wildman–Crippen LogP) is 4.92. The molecule has 3 rings (SSSR count). The number of nitrogens with zero attached hydrogens (tertiary/aromatic N) is 2. The first-order valence-electron chi connectivity index (χ1n) is 8.84. The molecule has 0 fully saturated rings. The molecule has 140 valence electrons. The van der Waals surface area contributed by atoms with E-state index in [1.165, 1.54) is 0 Å². The summed E-state index contributed by atoms with van der Waals surface area (Å²) in [6.45, 7) is 2.20. The van der Waals surface area contributed by atoms with Gasteiger partial charge in [0.05, 0.1) is 6.04 Å². The maximum Gasteiger partial charge on any atom is 0.240 e. The molecular weight excluding hydrogens is 380 g/mol. The van der Waals surface area contributed by atoms with Crippen LogP contribution in [-0.4, -0.2) is 20.7 Å². The molecule has 0 radical (unpaired) electrons. The Morgan fingerprint density at radius 2 is 1.93 bits per heavy atom. The predicted molar refractivity (Wildman–Crippen MR) is 110 cm³/mol. The zero-order valence-corrected chi connectivity index (χ0v) is 16.6. The van der Waals surface area contributed by atoms with Crippen molar-refractivity contribution < 1.29 is 4.79 Å². The number of rotatable bonds is 7. The molecule has 3 aromatic rings. The first kappa shape index (κ1) is 19.3. The third-order valence-electron chi connectivity index (χ3n) is 4.28. The third kappa shape index (κ3) is 4.84. The molecule has 0 aliphatic carbocycles. The minimum absolute atomic E-state index is 0.0243. The van der Waals surface area contributed by atoms with Crippen LogP contribution in [0.15, 0.2) is 54.6 Å². The number of aromatic amines is 1. The fourth-order valence-electron chi connectivity index (χ4n) is 2.96. The summed E-state index contributed by atoms with van der Waals surface area (Å²) < 4.78 is 2.10. The van der Waals surface area contributed by atoms with E-state index in [1.807, 2.05) is 42.5 Å². The van der Waals surface area contributed by atoms with Crippen molar-refractivity contribution in [3.05, 3.63) is 70.0 Å². The molecule has 0 spiro atoms. The van der Waals surface area contributed by atoms with Gasteiger partial charge in [-0.1, -0.05) is 55.3 Å². The topological polar surface area (TPSA) is 62.7 Å². The molecule has 1 aromatic heterocycles. The smallest absolute Gasteiger partial charge is 0.240 e. The van der Waals surface area contributed by atoms with Crippen LogP contribution in [-0.2, 0) is 11.3 Å². The minimum Gasteiger partial charge on any atom is -0.348 e. The molecule has 5 nitrogen and oxygen atoms in total. The lowest BCUT2D eigenvalue weighted by Crippen LogP contribution is -2.31. The first-order chi connectivity index (χ1) is 13.1. The lowest BCUT2D eigenvalue weighted by Gasteiger charge is -2.19. The highest BCUT2D eigenvalue weighted by atomic mass is 35.5. The van der Waals surface area contributed by atoms with Crippen molar-refractivity contribution in [2.24, 2.45) is 0 Å². The minimum atomic E-state index is -0.106. The van der Waals surface area contributed by atoms with Crippen molar-refractivity contribution in [3.63, 3.8) is 0 Å². The second kappa shape index (κ2) is 8.97. The van der Waals surface area contributed by atoms with Gasteiger partial charge in [0.2, 0.25) is 5.91 Å². The number of aromatic nitrogens is 3. The SMILES string of the molecule is CCCC(NC(=O)Cn1c(-c2ccc(Cl)cc2)n[nH]c1=S)c1ccccc1. The van der Waals surface area contributed by atoms with Gasteiger partial charge in [-0.2, -0.15) is 5.10 Å². The van der Waals surface area contributed by atoms with Crippen molar-refractivity contribution in [1.82, 2.24) is 20.1 Å². The van der Waals surface area contributed by atoms with E-state index in [0.717, 1.165) is 24.0 Å². The van der Waals surface area contributed by atoms with E-state index >= 15 is 0 Å². The summed E-state index contributed by atoms with van der Waals surface area (Å²) in [6, 6.07) is 17.2. The average molecular weight is 401 g/mol. The molecule has 0 aliphatic rings. The van der Waals surface area contributed by atoms with Crippen LogP contribution >= 0.6 is 23.8 Å². The molecule has 7 heteroatoms. The molecule has 1 amide bonds. The molecule has 0 saturated carbocycles. The Balaban J connectivity index is 1.79. The Kier molecular flexibility index (Phi) is 6.42. The van der Waals surface area contributed by atoms with Gasteiger partial charge >= 0.3 is 0 Å². The van der Waals surface area contributed by atoms with Crippen LogP contribution in [0.25, 0.3) is 11.4 Å². The second-order valence-corrected chi connectivity index (χ2v) is 7.09. The van der Waals surface area contributed by atoms with Gasteiger partial charge in [0.1, 0.15) is 6.54 Å². The molecular formula is C20H21ClN4OS. The van der Waals surface area contributed by atoms with Crippen LogP contribution in [0, 0.1) is 4.77 Å². The summed E-state index contributed by atoms with van der Waals surface area (Å²) in [5.41, 5.74) is 1.94. The number of hydrogen-bond donors (Lipinski definition) is 2. The van der Waals surface area contributed by atoms with Crippen molar-refractivity contribution in [1.29, 1.82) is 0 Å². The Morgan fingerprint density at radius 3 is 2.59 bits per heavy atom. The number of halogens is 1. The van der Waals surface area contributed by atoms with Gasteiger partial charge in [-0.3, -0.25) is 14.5 Å². The fourth-order valence-corrected chi connectivity index (χ4v) is 3.29. The van der Waals surface area contributed by atoms with Gasteiger partial charge in [0.25, 0.3) is 0 Å². The van der Waals surface area contributed by atoms with Crippen LogP contribution in [0.3, 0.4) is 0 Å². The quantitative estimate of drug-likeness (QED) is 0.553. The highest BCUT2D eigenvalue weighted by Gasteiger charge is 2.16. The van der Waals surface area contributed by atoms with E-state index < -0.39 is 0 Å². The van der Waals surface area contributed by atoms with E-state index in [1.54, 1.807) is 16.7 Å². The molecule has 0 saturated heterocycles. The second-order valence-electron chi connectivity index (χ2n) is 6.26. The van der Waals surface area contributed by atoms with Crippen LogP contribution in [0.2, 0.25) is 5.02 Å². The van der Waals surface area contributed by atoms with Crippen molar-refractivity contribution in [3.8, 4) is 11.4 Å². The number of amides is 1. The monoisotopic (exact) mass is 400 g/mol. The van der Waals surface area contributed by atoms with Gasteiger partial charge in [0, 0.05) is 10.6 Å². The molecule has 0 bridgehead atoms. The van der Waals surface area contributed by atoms with Crippen LogP contribution < -0.4 is 5.32 Å². The van der Waals surface area contributed by atoms with E-state index in [2.05, 4.69) is 22.4 Å². The molecule has 2 N–H and O–H groups in total. The maximum absolute atomic E-state index is 12.7. The van der Waals surface area contributed by atoms with Gasteiger partial charge in [-0.25, -0.2) is 0 Å². The van der Waals surface area contributed by atoms with Gasteiger partial charge in [-0.05, 0) is 48.5 Å². The van der Waals surface area contributed by atoms with E-state index in [9.17, 15) is 4.79 Å². The molecule has 0 aliphatic heterocycles. The van der Waals surface area contributed by atoms with E-state index in [4.69, 9.17) is 23.8 Å². The van der Waals surface area contributed by atoms with Gasteiger partial charge < -0.3 is 5.32 Å². The highest BCUT2D eigenvalue weighted by molar-refractivity contribution is 7.71. The number of H-pyrrole nitrogens is 1. The summed E-state index contributed by atoms with van der Waals surface area (Å²) in [6.07, 6.45) is 1.84. The number of nitrogens with one attached hydrogen (secondary N) is 2. The summed E-state index contributed by atoms with van der Waals surface area (Å²) in [5.74, 6) is 0.503. The van der Waals surface area contributed by atoms with Gasteiger partial charge in [0.15, 0.2) is 10.6 Å². The van der Waals surface area contributed by atoms with Crippen LogP contribution in [0.1, 0.15) is 31.4 Å². The maximum atomic E-state index is 12.7. The number of carbonyl (C=O) groups excluding carboxylic acids is 1. The lowest BCUT2D eigenvalue weighted by atomic mass is 10.0. The van der Waals surface area contributed by atoms with Crippen LogP contribution in [0.5, 0.6) is 0 Å². The summed E-state index contributed by atoms with van der Waals surface area (Å²) >= 11 is 11.3. The zero-order chi connectivity index (χ0) is 19.2. The van der Waals surface area contributed by atoms with Crippen molar-refractivity contribution in [2.75, 3.05) is 0 Å². The van der Waals surface area contributed by atoms with Crippen LogP contribution in [0.4, 0.5) is 0 Å². The fraction of sp³-hybridized carbons (Fsp3) is 0.250. The normalized spacial score (nSPS) is 11.9. The summed E-state index contributed by atoms with van der Waals surface area (Å²) in [5, 5.41) is 10.8. The Bertz CT molecular complexity index is 950. The zero-order valence-electron chi connectivity index (χ0n) is 15.0. The number of benzene rings is 2. The van der Waals surface area contributed by atoms with Crippen molar-refractivity contribution >= 4 is 29.7 Å². The Morgan fingerprint density at radius 1 is 1.22 bits per heavy atom. The number of hydrogen-bond acceptors (Lipinski definition) is 3. The Hall–Kier alpha value is -2.44. The Labute approximate surface area is 168 Å². The largest absolute Gasteiger partial charge is 0.348 e. The molecule has 1 unspecified atom stereocenters. The molecule has 1 atom stereocenters. The molecule has 2 aromatic carbocycles. The number of carbonyl (C=O) groups is 1. The molecule has 1 heterocycles. The summed E-state index contributed by atoms with van der Waals surface area (Å²) in [7, 11) is 0. The summed E-state index contributed by atoms with van der Waals surface area (Å²) in [4.78, 5) is 12.7.